The molecule has 136 valence electrons. The van der Waals surface area contributed by atoms with E-state index in [2.05, 4.69) is 15.1 Å². The number of hydrogen-bond acceptors (Lipinski definition) is 4. The van der Waals surface area contributed by atoms with Crippen LogP contribution >= 0.6 is 0 Å². The molecule has 5 rings (SSSR count). The predicted molar refractivity (Wildman–Crippen MR) is 105 cm³/mol. The number of rotatable bonds is 2. The molecule has 0 spiro atoms. The zero-order chi connectivity index (χ0) is 19.3. The van der Waals surface area contributed by atoms with Gasteiger partial charge in [0.15, 0.2) is 0 Å². The van der Waals surface area contributed by atoms with Gasteiger partial charge in [-0.3, -0.25) is 19.0 Å². The lowest BCUT2D eigenvalue weighted by atomic mass is 10.0. The van der Waals surface area contributed by atoms with Gasteiger partial charge in [-0.2, -0.15) is 9.49 Å². The molecule has 0 unspecified atom stereocenters. The molecule has 0 bridgehead atoms. The molecule has 6 nitrogen and oxygen atoms in total. The van der Waals surface area contributed by atoms with Crippen LogP contribution < -0.4 is 5.56 Å². The first kappa shape index (κ1) is 16.3. The van der Waals surface area contributed by atoms with Crippen molar-refractivity contribution >= 4 is 21.8 Å². The SMILES string of the molecule is Cn1cc(-c2ccc3ncc4ccc(=O)n(-c5ccc(F)nc5)c4c3c2)cn1. The van der Waals surface area contributed by atoms with Gasteiger partial charge in [0, 0.05) is 41.8 Å². The molecular formula is C21H14FN5O. The summed E-state index contributed by atoms with van der Waals surface area (Å²) in [5.74, 6) is -0.595. The Labute approximate surface area is 158 Å². The van der Waals surface area contributed by atoms with Crippen molar-refractivity contribution in [2.24, 2.45) is 7.05 Å². The second-order valence-corrected chi connectivity index (χ2v) is 6.54. The van der Waals surface area contributed by atoms with Crippen LogP contribution in [0.15, 0.2) is 72.0 Å². The molecule has 0 amide bonds. The highest BCUT2D eigenvalue weighted by molar-refractivity contribution is 6.05. The fourth-order valence-electron chi connectivity index (χ4n) is 3.42. The minimum absolute atomic E-state index is 0.222. The minimum Gasteiger partial charge on any atom is -0.275 e. The van der Waals surface area contributed by atoms with Crippen LogP contribution in [0.4, 0.5) is 4.39 Å². The summed E-state index contributed by atoms with van der Waals surface area (Å²) in [6.07, 6.45) is 6.80. The summed E-state index contributed by atoms with van der Waals surface area (Å²) in [6.45, 7) is 0. The Morgan fingerprint density at radius 2 is 1.82 bits per heavy atom. The average molecular weight is 371 g/mol. The lowest BCUT2D eigenvalue weighted by molar-refractivity contribution is 0.583. The summed E-state index contributed by atoms with van der Waals surface area (Å²) in [4.78, 5) is 20.9. The summed E-state index contributed by atoms with van der Waals surface area (Å²) in [5, 5.41) is 5.85. The third-order valence-electron chi connectivity index (χ3n) is 4.73. The van der Waals surface area contributed by atoms with Crippen molar-refractivity contribution in [3.05, 3.63) is 83.6 Å². The van der Waals surface area contributed by atoms with Crippen molar-refractivity contribution in [2.45, 2.75) is 0 Å². The average Bonchev–Trinajstić information content (AvgIpc) is 3.14. The summed E-state index contributed by atoms with van der Waals surface area (Å²) >= 11 is 0. The van der Waals surface area contributed by atoms with Gasteiger partial charge in [-0.1, -0.05) is 6.07 Å². The molecule has 0 aliphatic heterocycles. The Balaban J connectivity index is 1.88. The topological polar surface area (TPSA) is 65.6 Å². The number of nitrogens with zero attached hydrogens (tertiary/aromatic N) is 5. The van der Waals surface area contributed by atoms with Gasteiger partial charge >= 0.3 is 0 Å². The van der Waals surface area contributed by atoms with Crippen LogP contribution in [-0.2, 0) is 7.05 Å². The molecule has 0 atom stereocenters. The van der Waals surface area contributed by atoms with Crippen LogP contribution in [0.3, 0.4) is 0 Å². The summed E-state index contributed by atoms with van der Waals surface area (Å²) in [5.41, 5.74) is 3.67. The molecule has 4 heterocycles. The van der Waals surface area contributed by atoms with E-state index in [1.54, 1.807) is 33.8 Å². The molecular weight excluding hydrogens is 357 g/mol. The number of hydrogen-bond donors (Lipinski definition) is 0. The van der Waals surface area contributed by atoms with Gasteiger partial charge in [-0.25, -0.2) is 4.98 Å². The van der Waals surface area contributed by atoms with E-state index in [1.807, 2.05) is 31.4 Å². The first-order valence-corrected chi connectivity index (χ1v) is 8.66. The fourth-order valence-corrected chi connectivity index (χ4v) is 3.42. The van der Waals surface area contributed by atoms with E-state index in [4.69, 9.17) is 0 Å². The van der Waals surface area contributed by atoms with Crippen LogP contribution in [0.5, 0.6) is 0 Å². The summed E-state index contributed by atoms with van der Waals surface area (Å²) in [7, 11) is 1.86. The molecule has 5 aromatic rings. The summed E-state index contributed by atoms with van der Waals surface area (Å²) < 4.78 is 16.6. The quantitative estimate of drug-likeness (QED) is 0.352. The molecule has 0 N–H and O–H groups in total. The van der Waals surface area contributed by atoms with Gasteiger partial charge in [0.1, 0.15) is 0 Å². The van der Waals surface area contributed by atoms with E-state index in [1.165, 1.54) is 18.3 Å². The molecule has 4 aromatic heterocycles. The van der Waals surface area contributed by atoms with Crippen LogP contribution in [0.25, 0.3) is 38.6 Å². The number of pyridine rings is 3. The summed E-state index contributed by atoms with van der Waals surface area (Å²) in [6, 6.07) is 11.9. The Morgan fingerprint density at radius 1 is 0.929 bits per heavy atom. The third kappa shape index (κ3) is 2.56. The number of fused-ring (bicyclic) bond motifs is 3. The molecule has 0 saturated heterocycles. The Kier molecular flexibility index (Phi) is 3.55. The van der Waals surface area contributed by atoms with E-state index in [-0.39, 0.29) is 5.56 Å². The van der Waals surface area contributed by atoms with Crippen LogP contribution in [0, 0.1) is 5.95 Å². The van der Waals surface area contributed by atoms with Crippen molar-refractivity contribution in [2.75, 3.05) is 0 Å². The predicted octanol–water partition coefficient (Wildman–Crippen LogP) is 3.47. The zero-order valence-corrected chi connectivity index (χ0v) is 14.9. The van der Waals surface area contributed by atoms with Crippen LogP contribution in [-0.4, -0.2) is 24.3 Å². The van der Waals surface area contributed by atoms with E-state index >= 15 is 0 Å². The molecule has 28 heavy (non-hydrogen) atoms. The molecule has 0 aliphatic rings. The zero-order valence-electron chi connectivity index (χ0n) is 14.9. The van der Waals surface area contributed by atoms with Crippen molar-refractivity contribution in [3.8, 4) is 16.8 Å². The molecule has 0 radical (unpaired) electrons. The van der Waals surface area contributed by atoms with E-state index < -0.39 is 5.95 Å². The Morgan fingerprint density at radius 3 is 2.57 bits per heavy atom. The van der Waals surface area contributed by atoms with E-state index in [0.29, 0.717) is 11.2 Å². The first-order chi connectivity index (χ1) is 13.6. The Hall–Kier alpha value is -3.87. The lowest BCUT2D eigenvalue weighted by Crippen LogP contribution is -2.18. The minimum atomic E-state index is -0.595. The van der Waals surface area contributed by atoms with Gasteiger partial charge in [0.25, 0.3) is 5.56 Å². The van der Waals surface area contributed by atoms with Gasteiger partial charge in [-0.15, -0.1) is 0 Å². The van der Waals surface area contributed by atoms with Crippen LogP contribution in [0.2, 0.25) is 0 Å². The van der Waals surface area contributed by atoms with Gasteiger partial charge < -0.3 is 0 Å². The van der Waals surface area contributed by atoms with Crippen molar-refractivity contribution in [3.63, 3.8) is 0 Å². The number of halogens is 1. The first-order valence-electron chi connectivity index (χ1n) is 8.66. The maximum Gasteiger partial charge on any atom is 0.255 e. The standard InChI is InChI=1S/C21H14FN5O/c1-26-12-15(10-25-26)13-2-5-18-17(8-13)21-14(9-23-18)3-7-20(28)27(21)16-4-6-19(22)24-11-16/h2-12H,1H3. The van der Waals surface area contributed by atoms with E-state index in [9.17, 15) is 9.18 Å². The van der Waals surface area contributed by atoms with Crippen molar-refractivity contribution in [1.29, 1.82) is 0 Å². The smallest absolute Gasteiger partial charge is 0.255 e. The maximum absolute atomic E-state index is 13.3. The molecule has 7 heteroatoms. The highest BCUT2D eigenvalue weighted by atomic mass is 19.1. The van der Waals surface area contributed by atoms with Crippen LogP contribution in [0.1, 0.15) is 0 Å². The highest BCUT2D eigenvalue weighted by Crippen LogP contribution is 2.29. The molecule has 0 fully saturated rings. The largest absolute Gasteiger partial charge is 0.275 e. The number of benzene rings is 1. The monoisotopic (exact) mass is 371 g/mol. The third-order valence-corrected chi connectivity index (χ3v) is 4.73. The molecule has 0 aliphatic carbocycles. The molecule has 1 aromatic carbocycles. The van der Waals surface area contributed by atoms with Gasteiger partial charge in [0.2, 0.25) is 5.95 Å². The second kappa shape index (κ2) is 6.09. The number of aryl methyl sites for hydroxylation is 1. The second-order valence-electron chi connectivity index (χ2n) is 6.54. The maximum atomic E-state index is 13.3. The van der Waals surface area contributed by atoms with Gasteiger partial charge in [0.05, 0.1) is 29.1 Å². The van der Waals surface area contributed by atoms with E-state index in [0.717, 1.165) is 27.4 Å². The Bertz CT molecular complexity index is 1400. The van der Waals surface area contributed by atoms with Crippen molar-refractivity contribution in [1.82, 2.24) is 24.3 Å². The number of aromatic nitrogens is 5. The molecule has 0 saturated carbocycles. The highest BCUT2D eigenvalue weighted by Gasteiger charge is 2.12. The normalized spacial score (nSPS) is 11.4. The van der Waals surface area contributed by atoms with Crippen molar-refractivity contribution < 1.29 is 4.39 Å². The lowest BCUT2D eigenvalue weighted by Gasteiger charge is -2.12. The fraction of sp³-hybridized carbons (Fsp3) is 0.0476. The van der Waals surface area contributed by atoms with Gasteiger partial charge in [-0.05, 0) is 35.9 Å².